The minimum Gasteiger partial charge on any atom is -0.478 e. The molecule has 3 aromatic rings. The second kappa shape index (κ2) is 7.12. The van der Waals surface area contributed by atoms with Crippen molar-refractivity contribution in [3.05, 3.63) is 64.8 Å². The van der Waals surface area contributed by atoms with Crippen molar-refractivity contribution in [1.82, 2.24) is 9.78 Å². The summed E-state index contributed by atoms with van der Waals surface area (Å²) in [5, 5.41) is 14.3. The van der Waals surface area contributed by atoms with Gasteiger partial charge in [-0.1, -0.05) is 18.2 Å². The lowest BCUT2D eigenvalue weighted by atomic mass is 10.1. The van der Waals surface area contributed by atoms with Crippen LogP contribution in [0.5, 0.6) is 0 Å². The van der Waals surface area contributed by atoms with Gasteiger partial charge in [-0.15, -0.1) is 0 Å². The minimum absolute atomic E-state index is 0.0785. The van der Waals surface area contributed by atoms with Gasteiger partial charge in [-0.25, -0.2) is 17.9 Å². The Balaban J connectivity index is 2.18. The van der Waals surface area contributed by atoms with Crippen LogP contribution in [0.25, 0.3) is 16.9 Å². The molecule has 146 valence electrons. The monoisotopic (exact) mass is 399 g/mol. The molecule has 0 atom stereocenters. The molecule has 2 aromatic carbocycles. The van der Waals surface area contributed by atoms with Gasteiger partial charge in [0.2, 0.25) is 10.0 Å². The number of rotatable bonds is 5. The summed E-state index contributed by atoms with van der Waals surface area (Å²) in [6.45, 7) is 5.69. The fourth-order valence-corrected chi connectivity index (χ4v) is 3.57. The van der Waals surface area contributed by atoms with Crippen molar-refractivity contribution < 1.29 is 18.3 Å². The van der Waals surface area contributed by atoms with Crippen LogP contribution in [0.2, 0.25) is 0 Å². The van der Waals surface area contributed by atoms with Gasteiger partial charge in [-0.05, 0) is 56.2 Å². The summed E-state index contributed by atoms with van der Waals surface area (Å²) in [4.78, 5) is 11.9. The van der Waals surface area contributed by atoms with E-state index in [9.17, 15) is 18.3 Å². The van der Waals surface area contributed by atoms with Crippen molar-refractivity contribution in [2.45, 2.75) is 20.8 Å². The molecule has 2 N–H and O–H groups in total. The predicted molar refractivity (Wildman–Crippen MR) is 109 cm³/mol. The minimum atomic E-state index is -3.45. The van der Waals surface area contributed by atoms with Gasteiger partial charge in [0.15, 0.2) is 0 Å². The first-order chi connectivity index (χ1) is 13.1. The summed E-state index contributed by atoms with van der Waals surface area (Å²) >= 11 is 0. The van der Waals surface area contributed by atoms with Crippen molar-refractivity contribution >= 4 is 21.7 Å². The fraction of sp³-hybridized carbons (Fsp3) is 0.200. The third-order valence-electron chi connectivity index (χ3n) is 4.50. The van der Waals surface area contributed by atoms with E-state index in [4.69, 9.17) is 0 Å². The molecule has 3 rings (SSSR count). The molecule has 0 amide bonds. The summed E-state index contributed by atoms with van der Waals surface area (Å²) in [6, 6.07) is 12.3. The number of sulfonamides is 1. The molecule has 0 fully saturated rings. The van der Waals surface area contributed by atoms with E-state index >= 15 is 0 Å². The SMILES string of the molecule is Cc1ccc(-n2nc(-c3cccc(NS(C)(=O)=O)c3)c(C(=O)O)c2C)cc1C. The Morgan fingerprint density at radius 2 is 1.79 bits per heavy atom. The lowest BCUT2D eigenvalue weighted by molar-refractivity contribution is 0.0697. The zero-order valence-corrected chi connectivity index (χ0v) is 16.8. The number of carbonyl (C=O) groups is 1. The third kappa shape index (κ3) is 3.91. The Morgan fingerprint density at radius 3 is 2.39 bits per heavy atom. The lowest BCUT2D eigenvalue weighted by Gasteiger charge is -2.07. The molecule has 0 bridgehead atoms. The summed E-state index contributed by atoms with van der Waals surface area (Å²) < 4.78 is 27.0. The Kier molecular flexibility index (Phi) is 4.99. The zero-order valence-electron chi connectivity index (χ0n) is 16.0. The highest BCUT2D eigenvalue weighted by Crippen LogP contribution is 2.29. The highest BCUT2D eigenvalue weighted by Gasteiger charge is 2.23. The quantitative estimate of drug-likeness (QED) is 0.683. The van der Waals surface area contributed by atoms with E-state index in [1.54, 1.807) is 35.9 Å². The van der Waals surface area contributed by atoms with Crippen molar-refractivity contribution in [1.29, 1.82) is 0 Å². The largest absolute Gasteiger partial charge is 0.478 e. The number of carboxylic acid groups (broad SMARTS) is 1. The van der Waals surface area contributed by atoms with Crippen LogP contribution >= 0.6 is 0 Å². The number of nitrogens with zero attached hydrogens (tertiary/aromatic N) is 2. The van der Waals surface area contributed by atoms with Crippen molar-refractivity contribution in [3.8, 4) is 16.9 Å². The normalized spacial score (nSPS) is 11.4. The molecule has 1 heterocycles. The molecule has 0 spiro atoms. The lowest BCUT2D eigenvalue weighted by Crippen LogP contribution is -2.09. The smallest absolute Gasteiger partial charge is 0.339 e. The van der Waals surface area contributed by atoms with Gasteiger partial charge in [0.05, 0.1) is 17.6 Å². The topological polar surface area (TPSA) is 101 Å². The number of nitrogens with one attached hydrogen (secondary N) is 1. The van der Waals surface area contributed by atoms with Crippen LogP contribution in [0.3, 0.4) is 0 Å². The average molecular weight is 399 g/mol. The van der Waals surface area contributed by atoms with E-state index in [2.05, 4.69) is 9.82 Å². The van der Waals surface area contributed by atoms with Crippen molar-refractivity contribution in [2.24, 2.45) is 0 Å². The van der Waals surface area contributed by atoms with Gasteiger partial charge < -0.3 is 5.11 Å². The summed E-state index contributed by atoms with van der Waals surface area (Å²) in [5.74, 6) is -1.09. The van der Waals surface area contributed by atoms with Crippen LogP contribution < -0.4 is 4.72 Å². The van der Waals surface area contributed by atoms with Crippen LogP contribution in [-0.4, -0.2) is 35.5 Å². The van der Waals surface area contributed by atoms with E-state index in [1.807, 2.05) is 32.0 Å². The molecular weight excluding hydrogens is 378 g/mol. The van der Waals surface area contributed by atoms with Gasteiger partial charge in [0.25, 0.3) is 0 Å². The van der Waals surface area contributed by atoms with Crippen LogP contribution in [0.1, 0.15) is 27.2 Å². The van der Waals surface area contributed by atoms with Gasteiger partial charge in [0, 0.05) is 11.3 Å². The maximum absolute atomic E-state index is 11.9. The molecular formula is C20H21N3O4S. The average Bonchev–Trinajstić information content (AvgIpc) is 2.93. The molecule has 8 heteroatoms. The number of hydrogen-bond donors (Lipinski definition) is 2. The maximum Gasteiger partial charge on any atom is 0.339 e. The van der Waals surface area contributed by atoms with Crippen molar-refractivity contribution in [2.75, 3.05) is 11.0 Å². The number of hydrogen-bond acceptors (Lipinski definition) is 4. The molecule has 28 heavy (non-hydrogen) atoms. The molecule has 1 aromatic heterocycles. The molecule has 0 radical (unpaired) electrons. The first kappa shape index (κ1) is 19.6. The molecule has 0 aliphatic carbocycles. The van der Waals surface area contributed by atoms with E-state index in [0.717, 1.165) is 23.1 Å². The van der Waals surface area contributed by atoms with Gasteiger partial charge >= 0.3 is 5.97 Å². The number of aromatic nitrogens is 2. The number of anilines is 1. The van der Waals surface area contributed by atoms with E-state index in [0.29, 0.717) is 16.9 Å². The highest BCUT2D eigenvalue weighted by atomic mass is 32.2. The molecule has 7 nitrogen and oxygen atoms in total. The predicted octanol–water partition coefficient (Wildman–Crippen LogP) is 3.53. The Labute approximate surface area is 163 Å². The molecule has 0 aliphatic rings. The molecule has 0 unspecified atom stereocenters. The van der Waals surface area contributed by atoms with E-state index in [1.165, 1.54) is 0 Å². The number of aromatic carboxylic acids is 1. The number of benzene rings is 2. The molecule has 0 aliphatic heterocycles. The van der Waals surface area contributed by atoms with Crippen LogP contribution in [0.4, 0.5) is 5.69 Å². The second-order valence-corrected chi connectivity index (χ2v) is 8.50. The summed E-state index contributed by atoms with van der Waals surface area (Å²) in [5.41, 5.74) is 4.67. The summed E-state index contributed by atoms with van der Waals surface area (Å²) in [7, 11) is -3.45. The Hall–Kier alpha value is -3.13. The van der Waals surface area contributed by atoms with Crippen LogP contribution in [-0.2, 0) is 10.0 Å². The molecule has 0 saturated heterocycles. The maximum atomic E-state index is 11.9. The standard InChI is InChI=1S/C20H21N3O4S/c1-12-8-9-17(10-13(12)2)23-14(3)18(20(24)25)19(21-23)15-6-5-7-16(11-15)22-28(4,26)27/h5-11,22H,1-4H3,(H,24,25). The zero-order chi connectivity index (χ0) is 20.6. The van der Waals surface area contributed by atoms with Crippen LogP contribution in [0.15, 0.2) is 42.5 Å². The molecule has 0 saturated carbocycles. The van der Waals surface area contributed by atoms with Crippen LogP contribution in [0, 0.1) is 20.8 Å². The Morgan fingerprint density at radius 1 is 1.07 bits per heavy atom. The Bertz CT molecular complexity index is 1180. The van der Waals surface area contributed by atoms with E-state index < -0.39 is 16.0 Å². The fourth-order valence-electron chi connectivity index (χ4n) is 3.01. The number of aryl methyl sites for hydroxylation is 2. The first-order valence-electron chi connectivity index (χ1n) is 8.55. The first-order valence-corrected chi connectivity index (χ1v) is 10.4. The number of carboxylic acids is 1. The van der Waals surface area contributed by atoms with E-state index in [-0.39, 0.29) is 11.3 Å². The van der Waals surface area contributed by atoms with Crippen molar-refractivity contribution in [3.63, 3.8) is 0 Å². The highest BCUT2D eigenvalue weighted by molar-refractivity contribution is 7.92. The van der Waals surface area contributed by atoms with Gasteiger partial charge in [-0.3, -0.25) is 4.72 Å². The second-order valence-electron chi connectivity index (χ2n) is 6.75. The van der Waals surface area contributed by atoms with Gasteiger partial charge in [-0.2, -0.15) is 5.10 Å². The third-order valence-corrected chi connectivity index (χ3v) is 5.11. The van der Waals surface area contributed by atoms with Gasteiger partial charge in [0.1, 0.15) is 11.3 Å². The summed E-state index contributed by atoms with van der Waals surface area (Å²) in [6.07, 6.45) is 1.06.